The molecule has 1 aliphatic carbocycles. The van der Waals surface area contributed by atoms with E-state index in [2.05, 4.69) is 126 Å². The van der Waals surface area contributed by atoms with Gasteiger partial charge in [-0.2, -0.15) is 0 Å². The van der Waals surface area contributed by atoms with Crippen LogP contribution in [-0.2, 0) is 0 Å². The van der Waals surface area contributed by atoms with Gasteiger partial charge in [-0.25, -0.2) is 9.97 Å². The number of thiophene rings is 2. The van der Waals surface area contributed by atoms with Gasteiger partial charge in [0.1, 0.15) is 5.69 Å². The molecule has 7 aromatic carbocycles. The Morgan fingerprint density at radius 2 is 1.11 bits per heavy atom. The molecule has 0 fully saturated rings. The number of para-hydroxylation sites is 2. The smallest absolute Gasteiger partial charge is 0.165 e. The molecule has 0 bridgehead atoms. The number of aromatic nitrogens is 3. The van der Waals surface area contributed by atoms with Crippen LogP contribution in [0.1, 0.15) is 0 Å². The monoisotopic (exact) mass is 631 g/mol. The van der Waals surface area contributed by atoms with E-state index in [0.29, 0.717) is 0 Å². The number of benzene rings is 7. The third kappa shape index (κ3) is 3.06. The molecule has 5 heteroatoms. The Labute approximate surface area is 275 Å². The van der Waals surface area contributed by atoms with E-state index < -0.39 is 0 Å². The van der Waals surface area contributed by atoms with E-state index in [4.69, 9.17) is 9.97 Å². The van der Waals surface area contributed by atoms with E-state index in [0.717, 1.165) is 33.6 Å². The van der Waals surface area contributed by atoms with Crippen molar-refractivity contribution in [3.05, 3.63) is 127 Å². The van der Waals surface area contributed by atoms with Crippen LogP contribution in [0.2, 0.25) is 0 Å². The van der Waals surface area contributed by atoms with Crippen LogP contribution >= 0.6 is 22.7 Å². The molecule has 0 N–H and O–H groups in total. The molecule has 216 valence electrons. The zero-order valence-electron chi connectivity index (χ0n) is 24.8. The zero-order chi connectivity index (χ0) is 30.4. The second kappa shape index (κ2) is 8.59. The first kappa shape index (κ1) is 24.6. The summed E-state index contributed by atoms with van der Waals surface area (Å²) in [6, 6.07) is 46.5. The van der Waals surface area contributed by atoms with E-state index >= 15 is 0 Å². The highest BCUT2D eigenvalue weighted by Gasteiger charge is 2.27. The molecule has 0 unspecified atom stereocenters. The number of fused-ring (bicyclic) bond motifs is 5. The lowest BCUT2D eigenvalue weighted by Gasteiger charge is -2.15. The fourth-order valence-electron chi connectivity index (χ4n) is 8.17. The molecular formula is C42H21N3S2. The minimum atomic E-state index is 0.860. The molecule has 0 spiro atoms. The summed E-state index contributed by atoms with van der Waals surface area (Å²) in [5.74, 6) is 0.860. The molecule has 0 aliphatic heterocycles. The molecule has 4 heterocycles. The van der Waals surface area contributed by atoms with Gasteiger partial charge in [0.15, 0.2) is 5.82 Å². The summed E-state index contributed by atoms with van der Waals surface area (Å²) in [4.78, 5) is 10.8. The third-order valence-electron chi connectivity index (χ3n) is 10.1. The van der Waals surface area contributed by atoms with E-state index in [9.17, 15) is 0 Å². The fraction of sp³-hybridized carbons (Fsp3) is 0. The Kier molecular flexibility index (Phi) is 4.49. The van der Waals surface area contributed by atoms with Gasteiger partial charge >= 0.3 is 0 Å². The van der Waals surface area contributed by atoms with E-state index in [1.807, 2.05) is 28.7 Å². The van der Waals surface area contributed by atoms with Crippen molar-refractivity contribution in [1.82, 2.24) is 14.5 Å². The topological polar surface area (TPSA) is 30.7 Å². The van der Waals surface area contributed by atoms with Gasteiger partial charge in [-0.1, -0.05) is 72.8 Å². The molecule has 0 amide bonds. The predicted molar refractivity (Wildman–Crippen MR) is 202 cm³/mol. The Morgan fingerprint density at radius 1 is 0.447 bits per heavy atom. The van der Waals surface area contributed by atoms with Gasteiger partial charge in [0.05, 0.1) is 22.1 Å². The summed E-state index contributed by atoms with van der Waals surface area (Å²) in [6.07, 6.45) is 0. The summed E-state index contributed by atoms with van der Waals surface area (Å²) in [5.41, 5.74) is 8.70. The van der Waals surface area contributed by atoms with Crippen LogP contribution in [-0.4, -0.2) is 14.5 Å². The molecule has 0 atom stereocenters. The van der Waals surface area contributed by atoms with Crippen molar-refractivity contribution in [3.8, 4) is 28.2 Å². The maximum atomic E-state index is 5.45. The quantitative estimate of drug-likeness (QED) is 0.190. The lowest BCUT2D eigenvalue weighted by atomic mass is 9.95. The van der Waals surface area contributed by atoms with Crippen LogP contribution in [0.5, 0.6) is 0 Å². The van der Waals surface area contributed by atoms with Crippen molar-refractivity contribution in [2.24, 2.45) is 0 Å². The summed E-state index contributed by atoms with van der Waals surface area (Å²) in [6.45, 7) is 0. The second-order valence-corrected chi connectivity index (χ2v) is 14.7. The molecule has 0 saturated heterocycles. The first-order valence-electron chi connectivity index (χ1n) is 15.8. The standard InChI is InChI=1S/C42H21N3S2/c1-4-13-32-24(8-1)27-21-23(16-19-33(27)46-32)41-42(44-29-12-3-2-11-28(29)43-41)45-30-17-15-22-7-5-9-25-26-10-6-14-34-37(26)40-35(47-34)20-18-31(45)39(40)38(30)36(22)25/h1-21H. The number of hydrogen-bond acceptors (Lipinski definition) is 4. The first-order chi connectivity index (χ1) is 23.3. The Bertz CT molecular complexity index is 3200. The molecule has 3 nitrogen and oxygen atoms in total. The average Bonchev–Trinajstić information content (AvgIpc) is 3.76. The molecule has 1 aliphatic rings. The third-order valence-corrected chi connectivity index (χ3v) is 12.4. The molecule has 11 aromatic rings. The average molecular weight is 632 g/mol. The van der Waals surface area contributed by atoms with Gasteiger partial charge in [0.25, 0.3) is 0 Å². The fourth-order valence-corrected chi connectivity index (χ4v) is 10.4. The van der Waals surface area contributed by atoms with Gasteiger partial charge in [0, 0.05) is 56.7 Å². The van der Waals surface area contributed by atoms with Crippen LogP contribution < -0.4 is 0 Å². The minimum Gasteiger partial charge on any atom is -0.292 e. The SMILES string of the molecule is c1cc2c3c(c1)ccc1c3c3c4c(ccc3n1-c1nc3ccccc3nc1-c1ccc3sc5ccccc5c3c1)sc1cccc-2c14. The van der Waals surface area contributed by atoms with Gasteiger partial charge < -0.3 is 0 Å². The van der Waals surface area contributed by atoms with Gasteiger partial charge in [-0.15, -0.1) is 22.7 Å². The summed E-state index contributed by atoms with van der Waals surface area (Å²) < 4.78 is 7.63. The van der Waals surface area contributed by atoms with Crippen LogP contribution in [0.15, 0.2) is 127 Å². The highest BCUT2D eigenvalue weighted by Crippen LogP contribution is 2.52. The Balaban J connectivity index is 1.29. The molecule has 0 radical (unpaired) electrons. The molecular weight excluding hydrogens is 611 g/mol. The van der Waals surface area contributed by atoms with E-state index in [1.54, 1.807) is 0 Å². The van der Waals surface area contributed by atoms with Crippen LogP contribution in [0.3, 0.4) is 0 Å². The second-order valence-electron chi connectivity index (χ2n) is 12.5. The van der Waals surface area contributed by atoms with Crippen LogP contribution in [0, 0.1) is 0 Å². The zero-order valence-corrected chi connectivity index (χ0v) is 26.4. The predicted octanol–water partition coefficient (Wildman–Crippen LogP) is 12.3. The maximum Gasteiger partial charge on any atom is 0.165 e. The number of nitrogens with zero attached hydrogens (tertiary/aromatic N) is 3. The van der Waals surface area contributed by atoms with Crippen molar-refractivity contribution in [1.29, 1.82) is 0 Å². The first-order valence-corrected chi connectivity index (χ1v) is 17.5. The lowest BCUT2D eigenvalue weighted by Crippen LogP contribution is -2.03. The Hall–Kier alpha value is -5.62. The Morgan fingerprint density at radius 3 is 2.02 bits per heavy atom. The van der Waals surface area contributed by atoms with Gasteiger partial charge in [0.2, 0.25) is 0 Å². The minimum absolute atomic E-state index is 0.860. The summed E-state index contributed by atoms with van der Waals surface area (Å²) in [5, 5.41) is 10.4. The van der Waals surface area contributed by atoms with Crippen molar-refractivity contribution >= 4 is 107 Å². The largest absolute Gasteiger partial charge is 0.292 e. The summed E-state index contributed by atoms with van der Waals surface area (Å²) in [7, 11) is 0. The van der Waals surface area contributed by atoms with Crippen molar-refractivity contribution in [3.63, 3.8) is 0 Å². The summed E-state index contributed by atoms with van der Waals surface area (Å²) >= 11 is 3.73. The molecule has 4 aromatic heterocycles. The van der Waals surface area contributed by atoms with Gasteiger partial charge in [-0.3, -0.25) is 4.57 Å². The van der Waals surface area contributed by atoms with Crippen molar-refractivity contribution in [2.45, 2.75) is 0 Å². The lowest BCUT2D eigenvalue weighted by molar-refractivity contribution is 1.08. The number of hydrogen-bond donors (Lipinski definition) is 0. The van der Waals surface area contributed by atoms with Gasteiger partial charge in [-0.05, 0) is 76.5 Å². The highest BCUT2D eigenvalue weighted by molar-refractivity contribution is 7.26. The van der Waals surface area contributed by atoms with Crippen molar-refractivity contribution < 1.29 is 0 Å². The van der Waals surface area contributed by atoms with Crippen LogP contribution in [0.4, 0.5) is 0 Å². The van der Waals surface area contributed by atoms with E-state index in [1.165, 1.54) is 78.5 Å². The molecule has 12 rings (SSSR count). The van der Waals surface area contributed by atoms with Crippen molar-refractivity contribution in [2.75, 3.05) is 0 Å². The normalized spacial score (nSPS) is 12.7. The van der Waals surface area contributed by atoms with Crippen LogP contribution in [0.25, 0.3) is 112 Å². The molecule has 47 heavy (non-hydrogen) atoms. The number of rotatable bonds is 2. The van der Waals surface area contributed by atoms with E-state index in [-0.39, 0.29) is 0 Å². The highest BCUT2D eigenvalue weighted by atomic mass is 32.1. The maximum absolute atomic E-state index is 5.45. The molecule has 0 saturated carbocycles.